The van der Waals surface area contributed by atoms with E-state index in [2.05, 4.69) is 11.9 Å². The molecular formula is C12H17NO. The topological polar surface area (TPSA) is 30.0 Å². The fourth-order valence-electron chi connectivity index (χ4n) is 1.49. The van der Waals surface area contributed by atoms with Gasteiger partial charge in [0.2, 0.25) is 0 Å². The summed E-state index contributed by atoms with van der Waals surface area (Å²) in [7, 11) is 0. The van der Waals surface area contributed by atoms with E-state index in [1.807, 2.05) is 26.0 Å². The van der Waals surface area contributed by atoms with Gasteiger partial charge in [-0.25, -0.2) is 0 Å². The van der Waals surface area contributed by atoms with Crippen molar-refractivity contribution in [3.05, 3.63) is 29.6 Å². The van der Waals surface area contributed by atoms with E-state index in [4.69, 9.17) is 0 Å². The van der Waals surface area contributed by atoms with Gasteiger partial charge in [-0.3, -0.25) is 9.78 Å². The zero-order valence-electron chi connectivity index (χ0n) is 9.08. The molecule has 0 aromatic carbocycles. The van der Waals surface area contributed by atoms with E-state index in [-0.39, 0.29) is 11.7 Å². The molecule has 0 aliphatic rings. The Kier molecular flexibility index (Phi) is 3.81. The lowest BCUT2D eigenvalue weighted by molar-refractivity contribution is 0.0918. The van der Waals surface area contributed by atoms with Crippen LogP contribution in [0.1, 0.15) is 42.7 Å². The quantitative estimate of drug-likeness (QED) is 0.685. The van der Waals surface area contributed by atoms with Gasteiger partial charge >= 0.3 is 0 Å². The van der Waals surface area contributed by atoms with Crippen molar-refractivity contribution in [2.45, 2.75) is 33.6 Å². The maximum absolute atomic E-state index is 11.8. The number of carbonyl (C=O) groups is 1. The van der Waals surface area contributed by atoms with Crippen LogP contribution in [0.15, 0.2) is 18.3 Å². The second-order valence-electron chi connectivity index (χ2n) is 3.77. The van der Waals surface area contributed by atoms with Crippen molar-refractivity contribution in [2.75, 3.05) is 0 Å². The lowest BCUT2D eigenvalue weighted by atomic mass is 9.98. The van der Waals surface area contributed by atoms with Crippen LogP contribution in [0.5, 0.6) is 0 Å². The van der Waals surface area contributed by atoms with E-state index in [0.29, 0.717) is 5.69 Å². The molecule has 1 atom stereocenters. The molecule has 2 nitrogen and oxygen atoms in total. The summed E-state index contributed by atoms with van der Waals surface area (Å²) >= 11 is 0. The number of aryl methyl sites for hydroxylation is 1. The molecule has 0 spiro atoms. The molecule has 0 saturated heterocycles. The smallest absolute Gasteiger partial charge is 0.183 e. The first-order chi connectivity index (χ1) is 6.65. The fraction of sp³-hybridized carbons (Fsp3) is 0.500. The average Bonchev–Trinajstić information content (AvgIpc) is 2.17. The van der Waals surface area contributed by atoms with Crippen LogP contribution >= 0.6 is 0 Å². The Morgan fingerprint density at radius 2 is 2.29 bits per heavy atom. The average molecular weight is 191 g/mol. The van der Waals surface area contributed by atoms with Gasteiger partial charge in [-0.05, 0) is 31.0 Å². The highest BCUT2D eigenvalue weighted by Gasteiger charge is 2.15. The normalized spacial score (nSPS) is 12.5. The van der Waals surface area contributed by atoms with E-state index < -0.39 is 0 Å². The predicted molar refractivity (Wildman–Crippen MR) is 57.4 cm³/mol. The molecule has 0 aliphatic carbocycles. The molecule has 1 heterocycles. The van der Waals surface area contributed by atoms with Crippen molar-refractivity contribution in [3.8, 4) is 0 Å². The molecule has 0 aliphatic heterocycles. The van der Waals surface area contributed by atoms with E-state index in [1.54, 1.807) is 6.20 Å². The summed E-state index contributed by atoms with van der Waals surface area (Å²) in [5.74, 6) is 0.254. The molecule has 14 heavy (non-hydrogen) atoms. The maximum Gasteiger partial charge on any atom is 0.183 e. The highest BCUT2D eigenvalue weighted by atomic mass is 16.1. The van der Waals surface area contributed by atoms with Crippen molar-refractivity contribution in [2.24, 2.45) is 5.92 Å². The van der Waals surface area contributed by atoms with Crippen LogP contribution in [-0.2, 0) is 0 Å². The zero-order chi connectivity index (χ0) is 10.6. The number of carbonyl (C=O) groups excluding carboxylic acids is 1. The van der Waals surface area contributed by atoms with Crippen LogP contribution in [0.3, 0.4) is 0 Å². The zero-order valence-corrected chi connectivity index (χ0v) is 9.08. The van der Waals surface area contributed by atoms with E-state index >= 15 is 0 Å². The number of ketones is 1. The molecule has 0 fully saturated rings. The summed E-state index contributed by atoms with van der Waals surface area (Å²) in [6.07, 6.45) is 3.68. The second-order valence-corrected chi connectivity index (χ2v) is 3.77. The summed E-state index contributed by atoms with van der Waals surface area (Å²) in [4.78, 5) is 15.9. The largest absolute Gasteiger partial charge is 0.292 e. The fourth-order valence-corrected chi connectivity index (χ4v) is 1.49. The number of Topliss-reactive ketones (excluding diaryl/α,β-unsaturated/α-hetero) is 1. The van der Waals surface area contributed by atoms with Gasteiger partial charge in [0.15, 0.2) is 5.78 Å². The lowest BCUT2D eigenvalue weighted by Crippen LogP contribution is -2.12. The summed E-state index contributed by atoms with van der Waals surface area (Å²) in [5, 5.41) is 0. The van der Waals surface area contributed by atoms with Gasteiger partial charge in [0, 0.05) is 12.1 Å². The summed E-state index contributed by atoms with van der Waals surface area (Å²) < 4.78 is 0. The SMILES string of the molecule is CCCC(C)C(=O)c1cc(C)ccn1. The highest BCUT2D eigenvalue weighted by molar-refractivity contribution is 5.95. The Morgan fingerprint density at radius 1 is 1.57 bits per heavy atom. The molecular weight excluding hydrogens is 174 g/mol. The van der Waals surface area contributed by atoms with Crippen LogP contribution in [0.4, 0.5) is 0 Å². The molecule has 1 aromatic heterocycles. The van der Waals surface area contributed by atoms with Crippen LogP contribution in [0.25, 0.3) is 0 Å². The van der Waals surface area contributed by atoms with E-state index in [9.17, 15) is 4.79 Å². The Labute approximate surface area is 85.4 Å². The number of hydrogen-bond donors (Lipinski definition) is 0. The van der Waals surface area contributed by atoms with E-state index in [1.165, 1.54) is 0 Å². The van der Waals surface area contributed by atoms with Crippen molar-refractivity contribution in [3.63, 3.8) is 0 Å². The third-order valence-corrected chi connectivity index (χ3v) is 2.34. The minimum absolute atomic E-state index is 0.0919. The third kappa shape index (κ3) is 2.66. The number of aromatic nitrogens is 1. The van der Waals surface area contributed by atoms with Gasteiger partial charge in [0.1, 0.15) is 5.69 Å². The molecule has 1 unspecified atom stereocenters. The molecule has 1 aromatic rings. The number of rotatable bonds is 4. The molecule has 0 saturated carbocycles. The van der Waals surface area contributed by atoms with Crippen LogP contribution in [0.2, 0.25) is 0 Å². The van der Waals surface area contributed by atoms with Crippen LogP contribution < -0.4 is 0 Å². The van der Waals surface area contributed by atoms with Crippen molar-refractivity contribution in [1.82, 2.24) is 4.98 Å². The number of hydrogen-bond acceptors (Lipinski definition) is 2. The molecule has 0 N–H and O–H groups in total. The van der Waals surface area contributed by atoms with Gasteiger partial charge in [-0.1, -0.05) is 20.3 Å². The Balaban J connectivity index is 2.78. The molecule has 0 radical (unpaired) electrons. The predicted octanol–water partition coefficient (Wildman–Crippen LogP) is 3.01. The first-order valence-corrected chi connectivity index (χ1v) is 5.12. The van der Waals surface area contributed by atoms with Crippen LogP contribution in [-0.4, -0.2) is 10.8 Å². The number of nitrogens with zero attached hydrogens (tertiary/aromatic N) is 1. The highest BCUT2D eigenvalue weighted by Crippen LogP contribution is 2.12. The summed E-state index contributed by atoms with van der Waals surface area (Å²) in [5.41, 5.74) is 1.69. The molecule has 0 bridgehead atoms. The van der Waals surface area contributed by atoms with Gasteiger partial charge in [-0.2, -0.15) is 0 Å². The standard InChI is InChI=1S/C12H17NO/c1-4-5-10(3)12(14)11-8-9(2)6-7-13-11/h6-8,10H,4-5H2,1-3H3. The van der Waals surface area contributed by atoms with Gasteiger partial charge in [-0.15, -0.1) is 0 Å². The van der Waals surface area contributed by atoms with E-state index in [0.717, 1.165) is 18.4 Å². The third-order valence-electron chi connectivity index (χ3n) is 2.34. The monoisotopic (exact) mass is 191 g/mol. The first kappa shape index (κ1) is 10.9. The Bertz CT molecular complexity index is 320. The maximum atomic E-state index is 11.8. The van der Waals surface area contributed by atoms with Crippen molar-refractivity contribution >= 4 is 5.78 Å². The van der Waals surface area contributed by atoms with Gasteiger partial charge in [0.05, 0.1) is 0 Å². The van der Waals surface area contributed by atoms with Gasteiger partial charge < -0.3 is 0 Å². The van der Waals surface area contributed by atoms with Gasteiger partial charge in [0.25, 0.3) is 0 Å². The number of pyridine rings is 1. The van der Waals surface area contributed by atoms with Crippen LogP contribution in [0, 0.1) is 12.8 Å². The minimum atomic E-state index is 0.0919. The summed E-state index contributed by atoms with van der Waals surface area (Å²) in [6, 6.07) is 3.76. The van der Waals surface area contributed by atoms with Crippen molar-refractivity contribution in [1.29, 1.82) is 0 Å². The first-order valence-electron chi connectivity index (χ1n) is 5.12. The Hall–Kier alpha value is -1.18. The van der Waals surface area contributed by atoms with Crippen molar-refractivity contribution < 1.29 is 4.79 Å². The lowest BCUT2D eigenvalue weighted by Gasteiger charge is -2.08. The summed E-state index contributed by atoms with van der Waals surface area (Å²) in [6.45, 7) is 6.03. The molecule has 0 amide bonds. The minimum Gasteiger partial charge on any atom is -0.292 e. The molecule has 76 valence electrons. The second kappa shape index (κ2) is 4.89. The Morgan fingerprint density at radius 3 is 2.86 bits per heavy atom. The molecule has 2 heteroatoms. The molecule has 1 rings (SSSR count).